The molecule has 1 aromatic heterocycles. The van der Waals surface area contributed by atoms with Gasteiger partial charge < -0.3 is 5.73 Å². The topological polar surface area (TPSA) is 94.4 Å². The van der Waals surface area contributed by atoms with Crippen LogP contribution < -0.4 is 5.73 Å². The fraction of sp³-hybridized carbons (Fsp3) is 0.0909. The molecule has 0 unspecified atom stereocenters. The maximum Gasteiger partial charge on any atom is 0.311 e. The maximum atomic E-state index is 10.6. The highest BCUT2D eigenvalue weighted by molar-refractivity contribution is 5.73. The van der Waals surface area contributed by atoms with Crippen molar-refractivity contribution in [1.29, 1.82) is 0 Å². The minimum absolute atomic E-state index is 0.119. The van der Waals surface area contributed by atoms with Crippen LogP contribution >= 0.6 is 0 Å². The van der Waals surface area contributed by atoms with Gasteiger partial charge in [-0.25, -0.2) is 4.98 Å². The van der Waals surface area contributed by atoms with Crippen LogP contribution in [0.25, 0.3) is 5.57 Å². The Morgan fingerprint density at radius 1 is 1.65 bits per heavy atom. The molecule has 0 atom stereocenters. The third kappa shape index (κ3) is 2.97. The summed E-state index contributed by atoms with van der Waals surface area (Å²) in [6, 6.07) is 2.84. The molecule has 6 heteroatoms. The first-order chi connectivity index (χ1) is 8.10. The van der Waals surface area contributed by atoms with Crippen LogP contribution in [-0.4, -0.2) is 16.6 Å². The Hall–Kier alpha value is -2.50. The first-order valence-corrected chi connectivity index (χ1v) is 4.80. The van der Waals surface area contributed by atoms with Crippen molar-refractivity contribution in [3.8, 4) is 0 Å². The highest BCUT2D eigenvalue weighted by Crippen LogP contribution is 2.22. The zero-order valence-electron chi connectivity index (χ0n) is 9.33. The fourth-order valence-electron chi connectivity index (χ4n) is 1.26. The lowest BCUT2D eigenvalue weighted by molar-refractivity contribution is -0.384. The van der Waals surface area contributed by atoms with Crippen molar-refractivity contribution < 1.29 is 4.92 Å². The molecule has 2 N–H and O–H groups in total. The minimum atomic E-state index is -0.573. The minimum Gasteiger partial charge on any atom is -0.378 e. The number of nitrogens with two attached hydrogens (primary N) is 1. The molecular formula is C11H12N4O2. The summed E-state index contributed by atoms with van der Waals surface area (Å²) in [7, 11) is 0. The number of rotatable bonds is 4. The predicted octanol–water partition coefficient (Wildman–Crippen LogP) is 2.19. The lowest BCUT2D eigenvalue weighted by atomic mass is 10.1. The third-order valence-corrected chi connectivity index (χ3v) is 1.97. The number of hydrogen-bond donors (Lipinski definition) is 1. The van der Waals surface area contributed by atoms with Crippen LogP contribution in [0, 0.1) is 10.1 Å². The first-order valence-electron chi connectivity index (χ1n) is 4.80. The van der Waals surface area contributed by atoms with Gasteiger partial charge in [-0.3, -0.25) is 15.1 Å². The summed E-state index contributed by atoms with van der Waals surface area (Å²) in [4.78, 5) is 17.6. The summed E-state index contributed by atoms with van der Waals surface area (Å²) >= 11 is 0. The normalized spacial score (nSPS) is 11.7. The molecule has 1 aromatic rings. The van der Waals surface area contributed by atoms with E-state index in [2.05, 4.69) is 16.7 Å². The zero-order chi connectivity index (χ0) is 12.8. The Morgan fingerprint density at radius 2 is 2.35 bits per heavy atom. The molecule has 17 heavy (non-hydrogen) atoms. The summed E-state index contributed by atoms with van der Waals surface area (Å²) in [6.07, 6.45) is 5.08. The maximum absolute atomic E-state index is 10.6. The molecular weight excluding hydrogens is 220 g/mol. The van der Waals surface area contributed by atoms with E-state index in [-0.39, 0.29) is 11.5 Å². The van der Waals surface area contributed by atoms with Gasteiger partial charge in [-0.1, -0.05) is 12.2 Å². The molecule has 0 saturated heterocycles. The Bertz CT molecular complexity index is 506. The summed E-state index contributed by atoms with van der Waals surface area (Å²) < 4.78 is 0. The van der Waals surface area contributed by atoms with Gasteiger partial charge in [0.25, 0.3) is 0 Å². The molecule has 0 aliphatic heterocycles. The van der Waals surface area contributed by atoms with Crippen molar-refractivity contribution in [3.63, 3.8) is 0 Å². The van der Waals surface area contributed by atoms with Gasteiger partial charge in [0.1, 0.15) is 0 Å². The van der Waals surface area contributed by atoms with Crippen LogP contribution in [0.15, 0.2) is 35.5 Å². The van der Waals surface area contributed by atoms with Crippen LogP contribution in [0.1, 0.15) is 12.6 Å². The van der Waals surface area contributed by atoms with Gasteiger partial charge in [-0.2, -0.15) is 0 Å². The van der Waals surface area contributed by atoms with Gasteiger partial charge in [0.2, 0.25) is 5.82 Å². The number of anilines is 1. The van der Waals surface area contributed by atoms with Crippen molar-refractivity contribution in [2.75, 3.05) is 5.73 Å². The number of hydrogen-bond acceptors (Lipinski definition) is 5. The van der Waals surface area contributed by atoms with E-state index in [0.717, 1.165) is 0 Å². The molecule has 6 nitrogen and oxygen atoms in total. The third-order valence-electron chi connectivity index (χ3n) is 1.97. The van der Waals surface area contributed by atoms with Crippen LogP contribution in [0.2, 0.25) is 0 Å². The quantitative estimate of drug-likeness (QED) is 0.372. The zero-order valence-corrected chi connectivity index (χ0v) is 9.33. The van der Waals surface area contributed by atoms with E-state index in [9.17, 15) is 10.1 Å². The molecule has 1 rings (SSSR count). The fourth-order valence-corrected chi connectivity index (χ4v) is 1.26. The Balaban J connectivity index is 3.24. The van der Waals surface area contributed by atoms with Crippen molar-refractivity contribution in [1.82, 2.24) is 4.98 Å². The smallest absolute Gasteiger partial charge is 0.311 e. The number of aliphatic imine (C=N–C) groups is 1. The summed E-state index contributed by atoms with van der Waals surface area (Å²) in [5.41, 5.74) is 6.49. The largest absolute Gasteiger partial charge is 0.378 e. The SMILES string of the molecule is C=N/C=C(\C=C/C)c1ccc([N+](=O)[O-])c(N)n1. The Labute approximate surface area is 98.3 Å². The first kappa shape index (κ1) is 12.6. The monoisotopic (exact) mass is 232 g/mol. The van der Waals surface area contributed by atoms with Gasteiger partial charge >= 0.3 is 5.69 Å². The number of aromatic nitrogens is 1. The van der Waals surface area contributed by atoms with E-state index in [1.807, 2.05) is 6.92 Å². The van der Waals surface area contributed by atoms with E-state index in [4.69, 9.17) is 5.73 Å². The molecule has 0 radical (unpaired) electrons. The summed E-state index contributed by atoms with van der Waals surface area (Å²) in [6.45, 7) is 5.19. The van der Waals surface area contributed by atoms with Gasteiger partial charge in [0.15, 0.2) is 0 Å². The Kier molecular flexibility index (Phi) is 4.10. The molecule has 0 aliphatic carbocycles. The van der Waals surface area contributed by atoms with E-state index in [1.54, 1.807) is 12.2 Å². The summed E-state index contributed by atoms with van der Waals surface area (Å²) in [5, 5.41) is 10.6. The number of pyridine rings is 1. The molecule has 0 aromatic carbocycles. The van der Waals surface area contributed by atoms with Crippen LogP contribution in [-0.2, 0) is 0 Å². The summed E-state index contributed by atoms with van der Waals surface area (Å²) in [5.74, 6) is -0.119. The molecule has 0 amide bonds. The van der Waals surface area contributed by atoms with Crippen molar-refractivity contribution in [3.05, 3.63) is 46.3 Å². The molecule has 88 valence electrons. The highest BCUT2D eigenvalue weighted by atomic mass is 16.6. The van der Waals surface area contributed by atoms with Crippen molar-refractivity contribution in [2.24, 2.45) is 4.99 Å². The lowest BCUT2D eigenvalue weighted by Gasteiger charge is -2.02. The molecule has 0 aliphatic rings. The molecule has 0 spiro atoms. The predicted molar refractivity (Wildman–Crippen MR) is 67.6 cm³/mol. The second kappa shape index (κ2) is 5.55. The van der Waals surface area contributed by atoms with Crippen molar-refractivity contribution >= 4 is 23.8 Å². The van der Waals surface area contributed by atoms with Gasteiger partial charge in [-0.05, 0) is 19.7 Å². The van der Waals surface area contributed by atoms with E-state index in [1.165, 1.54) is 18.3 Å². The lowest BCUT2D eigenvalue weighted by Crippen LogP contribution is -2.00. The number of nitrogens with zero attached hydrogens (tertiary/aromatic N) is 3. The molecule has 0 fully saturated rings. The average Bonchev–Trinajstić information content (AvgIpc) is 2.28. The highest BCUT2D eigenvalue weighted by Gasteiger charge is 2.13. The number of nitrogen functional groups attached to an aromatic ring is 1. The number of allylic oxidation sites excluding steroid dienone is 3. The van der Waals surface area contributed by atoms with Gasteiger partial charge in [0.05, 0.1) is 10.6 Å². The van der Waals surface area contributed by atoms with E-state index >= 15 is 0 Å². The molecule has 0 saturated carbocycles. The van der Waals surface area contributed by atoms with Gasteiger partial charge in [-0.15, -0.1) is 0 Å². The second-order valence-electron chi connectivity index (χ2n) is 3.12. The molecule has 0 bridgehead atoms. The Morgan fingerprint density at radius 3 is 2.82 bits per heavy atom. The molecule has 1 heterocycles. The van der Waals surface area contributed by atoms with Gasteiger partial charge in [0, 0.05) is 17.8 Å². The standard InChI is InChI=1S/C11H12N4O2/c1-3-4-8(7-13-2)9-5-6-10(15(16)17)11(12)14-9/h3-7H,2H2,1H3,(H2,12,14)/b4-3-,8-7+. The van der Waals surface area contributed by atoms with Crippen LogP contribution in [0.5, 0.6) is 0 Å². The van der Waals surface area contributed by atoms with Crippen molar-refractivity contribution in [2.45, 2.75) is 6.92 Å². The average molecular weight is 232 g/mol. The van der Waals surface area contributed by atoms with E-state index < -0.39 is 4.92 Å². The second-order valence-corrected chi connectivity index (χ2v) is 3.12. The van der Waals surface area contributed by atoms with E-state index in [0.29, 0.717) is 11.3 Å². The van der Waals surface area contributed by atoms with Crippen LogP contribution in [0.4, 0.5) is 11.5 Å². The number of nitro groups is 1. The van der Waals surface area contributed by atoms with Crippen LogP contribution in [0.3, 0.4) is 0 Å².